The van der Waals surface area contributed by atoms with E-state index in [0.29, 0.717) is 13.2 Å². The lowest BCUT2D eigenvalue weighted by Crippen LogP contribution is -2.36. The van der Waals surface area contributed by atoms with Crippen LogP contribution in [-0.4, -0.2) is 20.3 Å². The molecule has 1 rings (SSSR count). The lowest BCUT2D eigenvalue weighted by molar-refractivity contribution is 0.225. The van der Waals surface area contributed by atoms with Crippen LogP contribution >= 0.6 is 15.9 Å². The fourth-order valence-corrected chi connectivity index (χ4v) is 1.43. The Morgan fingerprint density at radius 1 is 1.07 bits per heavy atom. The van der Waals surface area contributed by atoms with Crippen molar-refractivity contribution >= 4 is 28.5 Å². The van der Waals surface area contributed by atoms with E-state index in [1.165, 1.54) is 0 Å². The molecule has 0 aromatic heterocycles. The van der Waals surface area contributed by atoms with Gasteiger partial charge in [-0.1, -0.05) is 28.1 Å². The topological polar surface area (TPSA) is 18.5 Å². The zero-order valence-corrected chi connectivity index (χ0v) is 10.1. The van der Waals surface area contributed by atoms with Crippen LogP contribution in [0, 0.1) is 0 Å². The Morgan fingerprint density at radius 3 is 2.00 bits per heavy atom. The first-order valence-electron chi connectivity index (χ1n) is 4.76. The Balaban J connectivity index is 2.71. The molecule has 0 saturated heterocycles. The van der Waals surface area contributed by atoms with Crippen LogP contribution in [0.3, 0.4) is 0 Å². The molecular formula is C10H14BBrO2. The van der Waals surface area contributed by atoms with Gasteiger partial charge >= 0.3 is 7.12 Å². The second-order valence-electron chi connectivity index (χ2n) is 2.79. The van der Waals surface area contributed by atoms with Crippen molar-refractivity contribution in [3.05, 3.63) is 28.7 Å². The molecule has 0 fully saturated rings. The fraction of sp³-hybridized carbons (Fsp3) is 0.400. The Labute approximate surface area is 93.9 Å². The summed E-state index contributed by atoms with van der Waals surface area (Å²) in [6.45, 7) is 5.23. The van der Waals surface area contributed by atoms with Gasteiger partial charge in [-0.05, 0) is 31.4 Å². The molecule has 14 heavy (non-hydrogen) atoms. The van der Waals surface area contributed by atoms with Gasteiger partial charge in [0.2, 0.25) is 0 Å². The van der Waals surface area contributed by atoms with E-state index < -0.39 is 0 Å². The highest BCUT2D eigenvalue weighted by atomic mass is 79.9. The van der Waals surface area contributed by atoms with Gasteiger partial charge in [0.15, 0.2) is 0 Å². The molecule has 0 saturated carbocycles. The van der Waals surface area contributed by atoms with Crippen molar-refractivity contribution in [2.75, 3.05) is 13.2 Å². The van der Waals surface area contributed by atoms with Crippen LogP contribution in [0.1, 0.15) is 13.8 Å². The molecule has 76 valence electrons. The molecule has 1 aromatic rings. The first-order valence-corrected chi connectivity index (χ1v) is 5.55. The summed E-state index contributed by atoms with van der Waals surface area (Å²) in [6.07, 6.45) is 0. The van der Waals surface area contributed by atoms with E-state index in [2.05, 4.69) is 15.9 Å². The Hall–Kier alpha value is -0.315. The van der Waals surface area contributed by atoms with E-state index in [-0.39, 0.29) is 7.12 Å². The summed E-state index contributed by atoms with van der Waals surface area (Å²) in [4.78, 5) is 0. The number of rotatable bonds is 5. The summed E-state index contributed by atoms with van der Waals surface area (Å²) in [5.41, 5.74) is 1.05. The molecule has 0 atom stereocenters. The third-order valence-corrected chi connectivity index (χ3v) is 2.31. The molecule has 0 aliphatic carbocycles. The van der Waals surface area contributed by atoms with E-state index >= 15 is 0 Å². The normalized spacial score (nSPS) is 10.2. The van der Waals surface area contributed by atoms with Gasteiger partial charge in [-0.15, -0.1) is 0 Å². The average Bonchev–Trinajstić information content (AvgIpc) is 2.19. The van der Waals surface area contributed by atoms with Gasteiger partial charge in [0, 0.05) is 17.7 Å². The molecule has 0 bridgehead atoms. The largest absolute Gasteiger partial charge is 0.493 e. The molecule has 2 nitrogen and oxygen atoms in total. The molecule has 0 radical (unpaired) electrons. The van der Waals surface area contributed by atoms with Gasteiger partial charge in [0.25, 0.3) is 0 Å². The van der Waals surface area contributed by atoms with E-state index in [4.69, 9.17) is 9.31 Å². The summed E-state index contributed by atoms with van der Waals surface area (Å²) in [6, 6.07) is 7.97. The van der Waals surface area contributed by atoms with Crippen LogP contribution < -0.4 is 5.46 Å². The van der Waals surface area contributed by atoms with E-state index in [1.54, 1.807) is 0 Å². The van der Waals surface area contributed by atoms with Crippen molar-refractivity contribution in [2.24, 2.45) is 0 Å². The van der Waals surface area contributed by atoms with E-state index in [1.807, 2.05) is 38.1 Å². The number of benzene rings is 1. The molecule has 0 unspecified atom stereocenters. The van der Waals surface area contributed by atoms with Crippen LogP contribution in [0.2, 0.25) is 0 Å². The zero-order valence-electron chi connectivity index (χ0n) is 8.50. The number of hydrogen-bond donors (Lipinski definition) is 0. The Morgan fingerprint density at radius 2 is 1.57 bits per heavy atom. The van der Waals surface area contributed by atoms with Crippen LogP contribution in [0.25, 0.3) is 0 Å². The average molecular weight is 257 g/mol. The minimum absolute atomic E-state index is 0.238. The first-order chi connectivity index (χ1) is 6.77. The van der Waals surface area contributed by atoms with Gasteiger partial charge < -0.3 is 9.31 Å². The summed E-state index contributed by atoms with van der Waals surface area (Å²) < 4.78 is 12.0. The quantitative estimate of drug-likeness (QED) is 0.753. The van der Waals surface area contributed by atoms with Gasteiger partial charge in [0.05, 0.1) is 0 Å². The standard InChI is InChI=1S/C10H14BBrO2/c1-3-13-11(14-4-2)9-5-7-10(12)8-6-9/h5-8H,3-4H2,1-2H3. The van der Waals surface area contributed by atoms with Crippen LogP contribution in [0.5, 0.6) is 0 Å². The molecule has 0 N–H and O–H groups in total. The third kappa shape index (κ3) is 3.44. The minimum Gasteiger partial charge on any atom is -0.408 e. The molecule has 0 aliphatic rings. The molecule has 1 aromatic carbocycles. The molecule has 0 heterocycles. The molecule has 0 amide bonds. The van der Waals surface area contributed by atoms with Crippen molar-refractivity contribution in [3.63, 3.8) is 0 Å². The van der Waals surface area contributed by atoms with E-state index in [0.717, 1.165) is 9.94 Å². The molecule has 4 heteroatoms. The Kier molecular flexibility index (Phi) is 5.23. The lowest BCUT2D eigenvalue weighted by Gasteiger charge is -2.12. The van der Waals surface area contributed by atoms with E-state index in [9.17, 15) is 0 Å². The van der Waals surface area contributed by atoms with Crippen molar-refractivity contribution < 1.29 is 9.31 Å². The summed E-state index contributed by atoms with van der Waals surface area (Å²) in [5, 5.41) is 0. The zero-order chi connectivity index (χ0) is 10.4. The van der Waals surface area contributed by atoms with Gasteiger partial charge in [-0.2, -0.15) is 0 Å². The van der Waals surface area contributed by atoms with Gasteiger partial charge in [-0.3, -0.25) is 0 Å². The maximum atomic E-state index is 5.47. The third-order valence-electron chi connectivity index (χ3n) is 1.78. The summed E-state index contributed by atoms with van der Waals surface area (Å²) in [7, 11) is -0.238. The van der Waals surface area contributed by atoms with Crippen molar-refractivity contribution in [2.45, 2.75) is 13.8 Å². The highest BCUT2D eigenvalue weighted by molar-refractivity contribution is 9.10. The van der Waals surface area contributed by atoms with Crippen molar-refractivity contribution in [1.82, 2.24) is 0 Å². The number of halogens is 1. The van der Waals surface area contributed by atoms with Crippen molar-refractivity contribution in [3.8, 4) is 0 Å². The van der Waals surface area contributed by atoms with Crippen LogP contribution in [-0.2, 0) is 9.31 Å². The Bertz CT molecular complexity index is 257. The SMILES string of the molecule is CCOB(OCC)c1ccc(Br)cc1. The second-order valence-corrected chi connectivity index (χ2v) is 3.71. The predicted octanol–water partition coefficient (Wildman–Crippen LogP) is 2.22. The first kappa shape index (κ1) is 11.8. The minimum atomic E-state index is -0.238. The van der Waals surface area contributed by atoms with Crippen molar-refractivity contribution in [1.29, 1.82) is 0 Å². The monoisotopic (exact) mass is 256 g/mol. The highest BCUT2D eigenvalue weighted by Gasteiger charge is 2.19. The number of hydrogen-bond acceptors (Lipinski definition) is 2. The molecule has 0 aliphatic heterocycles. The highest BCUT2D eigenvalue weighted by Crippen LogP contribution is 2.06. The van der Waals surface area contributed by atoms with Gasteiger partial charge in [-0.25, -0.2) is 0 Å². The predicted molar refractivity (Wildman–Crippen MR) is 62.8 cm³/mol. The molecular weight excluding hydrogens is 243 g/mol. The lowest BCUT2D eigenvalue weighted by atomic mass is 9.79. The summed E-state index contributed by atoms with van der Waals surface area (Å²) >= 11 is 3.39. The maximum absolute atomic E-state index is 5.47. The smallest absolute Gasteiger partial charge is 0.408 e. The fourth-order valence-electron chi connectivity index (χ4n) is 1.16. The van der Waals surface area contributed by atoms with Gasteiger partial charge in [0.1, 0.15) is 0 Å². The maximum Gasteiger partial charge on any atom is 0.493 e. The van der Waals surface area contributed by atoms with Crippen LogP contribution in [0.15, 0.2) is 28.7 Å². The van der Waals surface area contributed by atoms with Crippen LogP contribution in [0.4, 0.5) is 0 Å². The molecule has 0 spiro atoms. The summed E-state index contributed by atoms with van der Waals surface area (Å²) in [5.74, 6) is 0. The second kappa shape index (κ2) is 6.22.